The van der Waals surface area contributed by atoms with Gasteiger partial charge in [-0.05, 0) is 54.8 Å². The van der Waals surface area contributed by atoms with Crippen molar-refractivity contribution in [1.29, 1.82) is 0 Å². The number of amides is 2. The number of para-hydroxylation sites is 2. The van der Waals surface area contributed by atoms with Crippen molar-refractivity contribution in [2.24, 2.45) is 0 Å². The van der Waals surface area contributed by atoms with E-state index in [4.69, 9.17) is 4.42 Å². The molecule has 2 aromatic carbocycles. The first-order chi connectivity index (χ1) is 16.5. The van der Waals surface area contributed by atoms with Gasteiger partial charge in [-0.15, -0.1) is 0 Å². The lowest BCUT2D eigenvalue weighted by Crippen LogP contribution is -2.32. The first-order valence-corrected chi connectivity index (χ1v) is 10.9. The van der Waals surface area contributed by atoms with Crippen molar-refractivity contribution in [1.82, 2.24) is 10.2 Å². The third-order valence-corrected chi connectivity index (χ3v) is 5.24. The van der Waals surface area contributed by atoms with Gasteiger partial charge in [-0.2, -0.15) is 8.78 Å². The van der Waals surface area contributed by atoms with E-state index in [-0.39, 0.29) is 29.9 Å². The maximum Gasteiger partial charge on any atom is 0.387 e. The van der Waals surface area contributed by atoms with Gasteiger partial charge in [0.25, 0.3) is 5.91 Å². The highest BCUT2D eigenvalue weighted by molar-refractivity contribution is 5.94. The second-order valence-corrected chi connectivity index (χ2v) is 8.09. The molecule has 0 atom stereocenters. The molecule has 1 aliphatic carbocycles. The molecule has 0 aliphatic heterocycles. The van der Waals surface area contributed by atoms with Crippen LogP contribution in [0.15, 0.2) is 71.3 Å². The second kappa shape index (κ2) is 10.9. The number of hydrogen-bond donors (Lipinski definition) is 2. The van der Waals surface area contributed by atoms with Gasteiger partial charge in [-0.25, -0.2) is 0 Å². The first-order valence-electron chi connectivity index (χ1n) is 10.9. The van der Waals surface area contributed by atoms with Gasteiger partial charge in [0.2, 0.25) is 5.91 Å². The minimum Gasteiger partial charge on any atom is -0.468 e. The third-order valence-electron chi connectivity index (χ3n) is 5.24. The highest BCUT2D eigenvalue weighted by Gasteiger charge is 2.23. The number of rotatable bonds is 11. The minimum absolute atomic E-state index is 0.0202. The summed E-state index contributed by atoms with van der Waals surface area (Å²) in [6, 6.07) is 17.1. The number of ether oxygens (including phenoxy) is 1. The minimum atomic E-state index is -3.00. The second-order valence-electron chi connectivity index (χ2n) is 8.09. The molecule has 0 unspecified atom stereocenters. The molecular formula is C25H25F2N3O4. The summed E-state index contributed by atoms with van der Waals surface area (Å²) >= 11 is 0. The molecule has 0 saturated heterocycles. The standard InChI is InChI=1S/C25H25F2N3O4/c26-25(27)34-22-6-2-1-5-21(22)29-23(31)16-30(15-20-4-3-13-33-20)14-17-7-9-18(10-8-17)24(32)28-19-11-12-19/h1-10,13,19,25H,11-12,14-16H2,(H,28,32)(H,29,31). The molecule has 4 rings (SSSR count). The fourth-order valence-electron chi connectivity index (χ4n) is 3.47. The predicted molar refractivity (Wildman–Crippen MR) is 121 cm³/mol. The van der Waals surface area contributed by atoms with Crippen molar-refractivity contribution in [3.63, 3.8) is 0 Å². The molecule has 0 spiro atoms. The Balaban J connectivity index is 1.42. The summed E-state index contributed by atoms with van der Waals surface area (Å²) in [6.45, 7) is -2.25. The highest BCUT2D eigenvalue weighted by atomic mass is 19.3. The Labute approximate surface area is 195 Å². The molecule has 1 heterocycles. The van der Waals surface area contributed by atoms with Crippen LogP contribution in [0.1, 0.15) is 34.5 Å². The topological polar surface area (TPSA) is 83.8 Å². The molecule has 1 aliphatic rings. The Kier molecular flexibility index (Phi) is 7.54. The zero-order chi connectivity index (χ0) is 23.9. The van der Waals surface area contributed by atoms with Gasteiger partial charge in [0.15, 0.2) is 0 Å². The van der Waals surface area contributed by atoms with E-state index in [1.165, 1.54) is 12.1 Å². The van der Waals surface area contributed by atoms with Crippen LogP contribution >= 0.6 is 0 Å². The quantitative estimate of drug-likeness (QED) is 0.435. The number of furan rings is 1. The summed E-state index contributed by atoms with van der Waals surface area (Å²) in [7, 11) is 0. The van der Waals surface area contributed by atoms with Crippen LogP contribution in [0.5, 0.6) is 5.75 Å². The van der Waals surface area contributed by atoms with E-state index in [2.05, 4.69) is 15.4 Å². The monoisotopic (exact) mass is 469 g/mol. The summed E-state index contributed by atoms with van der Waals surface area (Å²) in [4.78, 5) is 26.8. The SMILES string of the molecule is O=C(CN(Cc1ccc(C(=O)NC2CC2)cc1)Cc1ccco1)Nc1ccccc1OC(F)F. The van der Waals surface area contributed by atoms with Gasteiger partial charge in [0.1, 0.15) is 11.5 Å². The molecule has 178 valence electrons. The van der Waals surface area contributed by atoms with E-state index >= 15 is 0 Å². The van der Waals surface area contributed by atoms with Crippen molar-refractivity contribution < 1.29 is 27.5 Å². The van der Waals surface area contributed by atoms with Crippen LogP contribution in [0.4, 0.5) is 14.5 Å². The molecule has 7 nitrogen and oxygen atoms in total. The predicted octanol–water partition coefficient (Wildman–Crippen LogP) is 4.41. The molecule has 9 heteroatoms. The zero-order valence-electron chi connectivity index (χ0n) is 18.4. The van der Waals surface area contributed by atoms with Crippen molar-refractivity contribution in [3.05, 3.63) is 83.8 Å². The van der Waals surface area contributed by atoms with Crippen LogP contribution in [0.3, 0.4) is 0 Å². The number of anilines is 1. The molecular weight excluding hydrogens is 444 g/mol. The maximum absolute atomic E-state index is 12.8. The smallest absolute Gasteiger partial charge is 0.387 e. The van der Waals surface area contributed by atoms with Crippen molar-refractivity contribution in [3.8, 4) is 5.75 Å². The van der Waals surface area contributed by atoms with E-state index in [0.29, 0.717) is 24.4 Å². The van der Waals surface area contributed by atoms with E-state index in [0.717, 1.165) is 18.4 Å². The molecule has 3 aromatic rings. The number of halogens is 2. The molecule has 1 saturated carbocycles. The summed E-state index contributed by atoms with van der Waals surface area (Å²) in [6.07, 6.45) is 3.59. The lowest BCUT2D eigenvalue weighted by atomic mass is 10.1. The Hall–Kier alpha value is -3.72. The molecule has 0 bridgehead atoms. The number of carbonyl (C=O) groups is 2. The maximum atomic E-state index is 12.8. The van der Waals surface area contributed by atoms with Gasteiger partial charge in [-0.3, -0.25) is 14.5 Å². The largest absolute Gasteiger partial charge is 0.468 e. The molecule has 2 N–H and O–H groups in total. The molecule has 1 fully saturated rings. The normalized spacial score (nSPS) is 13.2. The van der Waals surface area contributed by atoms with Crippen molar-refractivity contribution >= 4 is 17.5 Å². The zero-order valence-corrected chi connectivity index (χ0v) is 18.4. The van der Waals surface area contributed by atoms with Gasteiger partial charge in [-0.1, -0.05) is 24.3 Å². The molecule has 0 radical (unpaired) electrons. The first kappa shape index (κ1) is 23.4. The fourth-order valence-corrected chi connectivity index (χ4v) is 3.47. The fraction of sp³-hybridized carbons (Fsp3) is 0.280. The summed E-state index contributed by atoms with van der Waals surface area (Å²) in [5.41, 5.74) is 1.65. The van der Waals surface area contributed by atoms with E-state index in [9.17, 15) is 18.4 Å². The Morgan fingerprint density at radius 2 is 1.79 bits per heavy atom. The average molecular weight is 469 g/mol. The van der Waals surface area contributed by atoms with Crippen LogP contribution in [0.2, 0.25) is 0 Å². The van der Waals surface area contributed by atoms with E-state index < -0.39 is 12.5 Å². The molecule has 1 aromatic heterocycles. The van der Waals surface area contributed by atoms with Gasteiger partial charge < -0.3 is 19.8 Å². The van der Waals surface area contributed by atoms with Crippen LogP contribution in [-0.4, -0.2) is 35.9 Å². The van der Waals surface area contributed by atoms with Crippen LogP contribution in [-0.2, 0) is 17.9 Å². The average Bonchev–Trinajstić information content (AvgIpc) is 3.47. The van der Waals surface area contributed by atoms with E-state index in [1.54, 1.807) is 36.6 Å². The number of nitrogens with zero attached hydrogens (tertiary/aromatic N) is 1. The van der Waals surface area contributed by atoms with E-state index in [1.807, 2.05) is 23.1 Å². The lowest BCUT2D eigenvalue weighted by molar-refractivity contribution is -0.117. The van der Waals surface area contributed by atoms with Crippen molar-refractivity contribution in [2.75, 3.05) is 11.9 Å². The highest BCUT2D eigenvalue weighted by Crippen LogP contribution is 2.25. The van der Waals surface area contributed by atoms with Gasteiger partial charge in [0.05, 0.1) is 25.0 Å². The summed E-state index contributed by atoms with van der Waals surface area (Å²) < 4.78 is 35.2. The molecule has 34 heavy (non-hydrogen) atoms. The number of nitrogens with one attached hydrogen (secondary N) is 2. The van der Waals surface area contributed by atoms with Crippen LogP contribution in [0.25, 0.3) is 0 Å². The number of alkyl halides is 2. The summed E-state index contributed by atoms with van der Waals surface area (Å²) in [5, 5.41) is 5.59. The third kappa shape index (κ3) is 6.89. The van der Waals surface area contributed by atoms with Crippen LogP contribution < -0.4 is 15.4 Å². The van der Waals surface area contributed by atoms with Crippen molar-refractivity contribution in [2.45, 2.75) is 38.6 Å². The van der Waals surface area contributed by atoms with Gasteiger partial charge >= 0.3 is 6.61 Å². The van der Waals surface area contributed by atoms with Crippen LogP contribution in [0, 0.1) is 0 Å². The Morgan fingerprint density at radius 3 is 2.47 bits per heavy atom. The Morgan fingerprint density at radius 1 is 1.03 bits per heavy atom. The molecule has 2 amide bonds. The van der Waals surface area contributed by atoms with Gasteiger partial charge in [0, 0.05) is 18.2 Å². The number of hydrogen-bond acceptors (Lipinski definition) is 5. The summed E-state index contributed by atoms with van der Waals surface area (Å²) in [5.74, 6) is 0.0843. The lowest BCUT2D eigenvalue weighted by Gasteiger charge is -2.21. The number of benzene rings is 2. The number of carbonyl (C=O) groups excluding carboxylic acids is 2. The Bertz CT molecular complexity index is 1100.